The molecular formula is C17H15FN2O5. The molecule has 0 saturated heterocycles. The van der Waals surface area contributed by atoms with Crippen LogP contribution in [0, 0.1) is 29.8 Å². The molecule has 0 aliphatic rings. The first-order valence-corrected chi connectivity index (χ1v) is 7.26. The monoisotopic (exact) mass is 346 g/mol. The molecule has 1 amide bonds. The predicted octanol–water partition coefficient (Wildman–Crippen LogP) is 3.15. The smallest absolute Gasteiger partial charge is 0.338 e. The lowest BCUT2D eigenvalue weighted by molar-refractivity contribution is -0.384. The summed E-state index contributed by atoms with van der Waals surface area (Å²) in [5.41, 5.74) is 1.47. The first kappa shape index (κ1) is 18.1. The number of hydrogen-bond donors (Lipinski definition) is 1. The molecule has 0 aliphatic heterocycles. The molecule has 130 valence electrons. The highest BCUT2D eigenvalue weighted by Gasteiger charge is 2.15. The number of halogens is 1. The van der Waals surface area contributed by atoms with Crippen LogP contribution in [0.2, 0.25) is 0 Å². The summed E-state index contributed by atoms with van der Waals surface area (Å²) >= 11 is 0. The quantitative estimate of drug-likeness (QED) is 0.509. The fraction of sp³-hybridized carbons (Fsp3) is 0.176. The molecule has 0 fully saturated rings. The molecule has 0 unspecified atom stereocenters. The van der Waals surface area contributed by atoms with E-state index in [2.05, 4.69) is 5.32 Å². The second-order valence-corrected chi connectivity index (χ2v) is 5.34. The predicted molar refractivity (Wildman–Crippen MR) is 87.9 cm³/mol. The third kappa shape index (κ3) is 4.60. The number of carbonyl (C=O) groups excluding carboxylic acids is 2. The number of rotatable bonds is 5. The van der Waals surface area contributed by atoms with Gasteiger partial charge < -0.3 is 10.1 Å². The van der Waals surface area contributed by atoms with E-state index in [0.29, 0.717) is 0 Å². The number of carbonyl (C=O) groups is 2. The van der Waals surface area contributed by atoms with Crippen LogP contribution in [0.3, 0.4) is 0 Å². The summed E-state index contributed by atoms with van der Waals surface area (Å²) in [6.45, 7) is 3.09. The van der Waals surface area contributed by atoms with Gasteiger partial charge in [0, 0.05) is 12.1 Å². The zero-order valence-electron chi connectivity index (χ0n) is 13.5. The Labute approximate surface area is 142 Å². The van der Waals surface area contributed by atoms with Gasteiger partial charge in [-0.1, -0.05) is 6.07 Å². The molecule has 25 heavy (non-hydrogen) atoms. The summed E-state index contributed by atoms with van der Waals surface area (Å²) in [4.78, 5) is 33.6. The SMILES string of the molecule is Cc1ccc(C(=O)OCC(=O)Nc2cc([N+](=O)[O-])ccc2F)cc1C. The first-order chi connectivity index (χ1) is 11.8. The Morgan fingerprint density at radius 3 is 2.52 bits per heavy atom. The number of esters is 1. The molecule has 1 N–H and O–H groups in total. The van der Waals surface area contributed by atoms with Crippen LogP contribution in [0.25, 0.3) is 0 Å². The van der Waals surface area contributed by atoms with Crippen molar-refractivity contribution in [3.63, 3.8) is 0 Å². The maximum Gasteiger partial charge on any atom is 0.338 e. The van der Waals surface area contributed by atoms with E-state index in [1.165, 1.54) is 0 Å². The summed E-state index contributed by atoms with van der Waals surface area (Å²) in [6, 6.07) is 7.70. The van der Waals surface area contributed by atoms with Crippen molar-refractivity contribution in [2.24, 2.45) is 0 Å². The van der Waals surface area contributed by atoms with Crippen LogP contribution in [0.5, 0.6) is 0 Å². The molecule has 0 heterocycles. The maximum absolute atomic E-state index is 13.6. The van der Waals surface area contributed by atoms with Crippen molar-refractivity contribution in [1.82, 2.24) is 0 Å². The van der Waals surface area contributed by atoms with Gasteiger partial charge >= 0.3 is 5.97 Å². The Balaban J connectivity index is 1.98. The summed E-state index contributed by atoms with van der Waals surface area (Å²) in [5, 5.41) is 12.8. The van der Waals surface area contributed by atoms with Crippen molar-refractivity contribution in [3.05, 3.63) is 69.0 Å². The fourth-order valence-electron chi connectivity index (χ4n) is 1.99. The Morgan fingerprint density at radius 1 is 1.16 bits per heavy atom. The lowest BCUT2D eigenvalue weighted by Gasteiger charge is -2.08. The number of nitrogens with zero attached hydrogens (tertiary/aromatic N) is 1. The van der Waals surface area contributed by atoms with Crippen LogP contribution in [-0.4, -0.2) is 23.4 Å². The van der Waals surface area contributed by atoms with E-state index in [4.69, 9.17) is 4.74 Å². The van der Waals surface area contributed by atoms with Gasteiger partial charge in [-0.15, -0.1) is 0 Å². The number of aryl methyl sites for hydroxylation is 2. The molecule has 7 nitrogen and oxygen atoms in total. The van der Waals surface area contributed by atoms with Crippen LogP contribution in [-0.2, 0) is 9.53 Å². The van der Waals surface area contributed by atoms with E-state index in [1.807, 2.05) is 13.8 Å². The van der Waals surface area contributed by atoms with E-state index in [9.17, 15) is 24.1 Å². The van der Waals surface area contributed by atoms with Crippen molar-refractivity contribution in [1.29, 1.82) is 0 Å². The number of ether oxygens (including phenoxy) is 1. The van der Waals surface area contributed by atoms with E-state index in [-0.39, 0.29) is 16.9 Å². The first-order valence-electron chi connectivity index (χ1n) is 7.26. The normalized spacial score (nSPS) is 10.2. The lowest BCUT2D eigenvalue weighted by Crippen LogP contribution is -2.21. The van der Waals surface area contributed by atoms with Crippen LogP contribution in [0.1, 0.15) is 21.5 Å². The summed E-state index contributed by atoms with van der Waals surface area (Å²) in [5.74, 6) is -2.34. The van der Waals surface area contributed by atoms with Gasteiger partial charge in [0.05, 0.1) is 16.2 Å². The largest absolute Gasteiger partial charge is 0.452 e. The van der Waals surface area contributed by atoms with E-state index in [1.54, 1.807) is 18.2 Å². The Bertz CT molecular complexity index is 851. The number of nitro benzene ring substituents is 1. The standard InChI is InChI=1S/C17H15FN2O5/c1-10-3-4-12(7-11(10)2)17(22)25-9-16(21)19-15-8-13(20(23)24)5-6-14(15)18/h3-8H,9H2,1-2H3,(H,19,21). The molecule has 2 rings (SSSR count). The molecule has 0 bridgehead atoms. The highest BCUT2D eigenvalue weighted by molar-refractivity contribution is 5.95. The average Bonchev–Trinajstić information content (AvgIpc) is 2.57. The molecule has 2 aromatic carbocycles. The molecule has 8 heteroatoms. The number of amides is 1. The van der Waals surface area contributed by atoms with Gasteiger partial charge in [0.2, 0.25) is 0 Å². The van der Waals surface area contributed by atoms with E-state index < -0.39 is 29.2 Å². The second kappa shape index (κ2) is 7.52. The van der Waals surface area contributed by atoms with Gasteiger partial charge in [-0.2, -0.15) is 0 Å². The summed E-state index contributed by atoms with van der Waals surface area (Å²) < 4.78 is 18.5. The highest BCUT2D eigenvalue weighted by atomic mass is 19.1. The van der Waals surface area contributed by atoms with Crippen molar-refractivity contribution >= 4 is 23.3 Å². The molecule has 0 spiro atoms. The highest BCUT2D eigenvalue weighted by Crippen LogP contribution is 2.21. The fourth-order valence-corrected chi connectivity index (χ4v) is 1.99. The van der Waals surface area contributed by atoms with Crippen molar-refractivity contribution < 1.29 is 23.6 Å². The van der Waals surface area contributed by atoms with Crippen LogP contribution >= 0.6 is 0 Å². The minimum atomic E-state index is -0.834. The molecule has 0 aliphatic carbocycles. The number of hydrogen-bond acceptors (Lipinski definition) is 5. The summed E-state index contributed by atoms with van der Waals surface area (Å²) in [7, 11) is 0. The number of nitro groups is 1. The van der Waals surface area contributed by atoms with Crippen LogP contribution in [0.15, 0.2) is 36.4 Å². The second-order valence-electron chi connectivity index (χ2n) is 5.34. The molecule has 0 radical (unpaired) electrons. The zero-order chi connectivity index (χ0) is 18.6. The van der Waals surface area contributed by atoms with E-state index >= 15 is 0 Å². The van der Waals surface area contributed by atoms with Gasteiger partial charge in [0.1, 0.15) is 5.82 Å². The number of anilines is 1. The number of non-ortho nitro benzene ring substituents is 1. The lowest BCUT2D eigenvalue weighted by atomic mass is 10.1. The van der Waals surface area contributed by atoms with Crippen LogP contribution < -0.4 is 5.32 Å². The zero-order valence-corrected chi connectivity index (χ0v) is 13.5. The maximum atomic E-state index is 13.6. The van der Waals surface area contributed by atoms with Gasteiger partial charge in [0.15, 0.2) is 6.61 Å². The minimum absolute atomic E-state index is 0.289. The Hall–Kier alpha value is -3.29. The van der Waals surface area contributed by atoms with Gasteiger partial charge in [0.25, 0.3) is 11.6 Å². The van der Waals surface area contributed by atoms with Crippen molar-refractivity contribution in [3.8, 4) is 0 Å². The third-order valence-electron chi connectivity index (χ3n) is 3.51. The molecule has 0 aromatic heterocycles. The molecule has 0 saturated carbocycles. The molecule has 2 aromatic rings. The Kier molecular flexibility index (Phi) is 5.43. The minimum Gasteiger partial charge on any atom is -0.452 e. The van der Waals surface area contributed by atoms with Gasteiger partial charge in [-0.3, -0.25) is 14.9 Å². The Morgan fingerprint density at radius 2 is 1.88 bits per heavy atom. The van der Waals surface area contributed by atoms with Crippen molar-refractivity contribution in [2.75, 3.05) is 11.9 Å². The topological polar surface area (TPSA) is 98.5 Å². The van der Waals surface area contributed by atoms with Crippen LogP contribution in [0.4, 0.5) is 15.8 Å². The molecular weight excluding hydrogens is 331 g/mol. The molecule has 0 atom stereocenters. The van der Waals surface area contributed by atoms with Gasteiger partial charge in [-0.25, -0.2) is 9.18 Å². The van der Waals surface area contributed by atoms with Gasteiger partial charge in [-0.05, 0) is 43.2 Å². The number of benzene rings is 2. The number of nitrogens with one attached hydrogen (secondary N) is 1. The van der Waals surface area contributed by atoms with Crippen molar-refractivity contribution in [2.45, 2.75) is 13.8 Å². The third-order valence-corrected chi connectivity index (χ3v) is 3.51. The van der Waals surface area contributed by atoms with E-state index in [0.717, 1.165) is 29.3 Å². The average molecular weight is 346 g/mol. The summed E-state index contributed by atoms with van der Waals surface area (Å²) in [6.07, 6.45) is 0.